The molecule has 5 nitrogen and oxygen atoms in total. The van der Waals surface area contributed by atoms with Crippen LogP contribution in [0.2, 0.25) is 5.02 Å². The van der Waals surface area contributed by atoms with Crippen LogP contribution in [0.5, 0.6) is 0 Å². The summed E-state index contributed by atoms with van der Waals surface area (Å²) in [6.07, 6.45) is 1.14. The van der Waals surface area contributed by atoms with Crippen LogP contribution < -0.4 is 5.73 Å². The van der Waals surface area contributed by atoms with E-state index in [9.17, 15) is 22.0 Å². The zero-order chi connectivity index (χ0) is 21.3. The third kappa shape index (κ3) is 4.13. The van der Waals surface area contributed by atoms with Crippen LogP contribution in [0.25, 0.3) is 0 Å². The lowest BCUT2D eigenvalue weighted by atomic mass is 10.0. The maximum atomic E-state index is 14.6. The van der Waals surface area contributed by atoms with Crippen LogP contribution in [0.1, 0.15) is 32.4 Å². The van der Waals surface area contributed by atoms with Gasteiger partial charge in [-0.25, -0.2) is 17.2 Å². The molecule has 2 aromatic carbocycles. The van der Waals surface area contributed by atoms with Crippen LogP contribution in [0, 0.1) is 18.6 Å². The van der Waals surface area contributed by atoms with Gasteiger partial charge in [0.05, 0.1) is 4.90 Å². The standard InChI is InChI=1S/C20H15ClF2N2O3S/c1-11-8-18(20(24)26)25-10-16(11)19(15-9-13(22)4-7-17(15)23)29(27,28)14-5-2-12(21)3-6-14/h2-10,19H,1H3,(H2,24,26). The number of hydrogen-bond acceptors (Lipinski definition) is 4. The molecule has 0 radical (unpaired) electrons. The van der Waals surface area contributed by atoms with Crippen molar-refractivity contribution >= 4 is 27.3 Å². The van der Waals surface area contributed by atoms with Crippen molar-refractivity contribution in [3.05, 3.63) is 93.8 Å². The maximum Gasteiger partial charge on any atom is 0.267 e. The monoisotopic (exact) mass is 436 g/mol. The Morgan fingerprint density at radius 1 is 1.07 bits per heavy atom. The average Bonchev–Trinajstić information content (AvgIpc) is 2.66. The fourth-order valence-electron chi connectivity index (χ4n) is 2.95. The van der Waals surface area contributed by atoms with Crippen molar-refractivity contribution in [1.29, 1.82) is 0 Å². The Hall–Kier alpha value is -2.84. The number of pyridine rings is 1. The SMILES string of the molecule is Cc1cc(C(N)=O)ncc1C(c1cc(F)ccc1F)S(=O)(=O)c1ccc(Cl)cc1. The van der Waals surface area contributed by atoms with Crippen LogP contribution in [0.4, 0.5) is 8.78 Å². The lowest BCUT2D eigenvalue weighted by Gasteiger charge is -2.21. The van der Waals surface area contributed by atoms with E-state index >= 15 is 0 Å². The second-order valence-electron chi connectivity index (χ2n) is 6.34. The fourth-order valence-corrected chi connectivity index (χ4v) is 4.96. The van der Waals surface area contributed by atoms with Crippen molar-refractivity contribution in [1.82, 2.24) is 4.98 Å². The highest BCUT2D eigenvalue weighted by Crippen LogP contribution is 2.38. The minimum atomic E-state index is -4.24. The number of halogens is 3. The van der Waals surface area contributed by atoms with E-state index in [0.717, 1.165) is 24.4 Å². The van der Waals surface area contributed by atoms with Gasteiger partial charge in [0.25, 0.3) is 5.91 Å². The van der Waals surface area contributed by atoms with Gasteiger partial charge in [0.15, 0.2) is 9.84 Å². The average molecular weight is 437 g/mol. The number of sulfone groups is 1. The van der Waals surface area contributed by atoms with Crippen molar-refractivity contribution < 1.29 is 22.0 Å². The summed E-state index contributed by atoms with van der Waals surface area (Å²) >= 11 is 5.84. The van der Waals surface area contributed by atoms with Crippen LogP contribution in [0.3, 0.4) is 0 Å². The number of carbonyl (C=O) groups excluding carboxylic acids is 1. The smallest absolute Gasteiger partial charge is 0.267 e. The number of rotatable bonds is 5. The van der Waals surface area contributed by atoms with E-state index in [-0.39, 0.29) is 21.7 Å². The van der Waals surface area contributed by atoms with Gasteiger partial charge in [-0.1, -0.05) is 11.6 Å². The number of nitrogens with two attached hydrogens (primary N) is 1. The summed E-state index contributed by atoms with van der Waals surface area (Å²) in [6, 6.07) is 9.21. The molecule has 3 rings (SSSR count). The van der Waals surface area contributed by atoms with Crippen molar-refractivity contribution in [2.24, 2.45) is 5.73 Å². The lowest BCUT2D eigenvalue weighted by Crippen LogP contribution is -2.20. The number of benzene rings is 2. The number of primary amides is 1. The van der Waals surface area contributed by atoms with Gasteiger partial charge in [-0.05, 0) is 66.6 Å². The Morgan fingerprint density at radius 3 is 2.31 bits per heavy atom. The normalized spacial score (nSPS) is 12.6. The first-order valence-corrected chi connectivity index (χ1v) is 10.2. The quantitative estimate of drug-likeness (QED) is 0.655. The molecule has 0 saturated carbocycles. The topological polar surface area (TPSA) is 90.1 Å². The molecule has 1 unspecified atom stereocenters. The third-order valence-corrected chi connectivity index (χ3v) is 6.69. The second kappa shape index (κ2) is 7.88. The molecule has 0 aliphatic rings. The van der Waals surface area contributed by atoms with Crippen LogP contribution in [0.15, 0.2) is 59.6 Å². The molecule has 2 N–H and O–H groups in total. The highest BCUT2D eigenvalue weighted by molar-refractivity contribution is 7.92. The molecule has 1 aromatic heterocycles. The maximum absolute atomic E-state index is 14.6. The largest absolute Gasteiger partial charge is 0.364 e. The zero-order valence-electron chi connectivity index (χ0n) is 15.1. The number of hydrogen-bond donors (Lipinski definition) is 1. The predicted octanol–water partition coefficient (Wildman–Crippen LogP) is 3.98. The molecule has 1 amide bonds. The number of carbonyl (C=O) groups is 1. The zero-order valence-corrected chi connectivity index (χ0v) is 16.6. The van der Waals surface area contributed by atoms with Gasteiger partial charge in [0.2, 0.25) is 0 Å². The molecule has 1 atom stereocenters. The van der Waals surface area contributed by atoms with Crippen molar-refractivity contribution in [2.45, 2.75) is 17.1 Å². The third-order valence-electron chi connectivity index (χ3n) is 4.38. The van der Waals surface area contributed by atoms with Gasteiger partial charge in [0, 0.05) is 16.8 Å². The molecule has 0 aliphatic heterocycles. The molecule has 9 heteroatoms. The van der Waals surface area contributed by atoms with E-state index in [2.05, 4.69) is 4.98 Å². The summed E-state index contributed by atoms with van der Waals surface area (Å²) in [5, 5.41) is -1.28. The van der Waals surface area contributed by atoms with E-state index < -0.39 is 32.6 Å². The first kappa shape index (κ1) is 20.9. The molecule has 29 heavy (non-hydrogen) atoms. The number of nitrogens with zero attached hydrogens (tertiary/aromatic N) is 1. The van der Waals surface area contributed by atoms with Crippen LogP contribution in [-0.2, 0) is 9.84 Å². The second-order valence-corrected chi connectivity index (χ2v) is 8.80. The first-order valence-electron chi connectivity index (χ1n) is 8.32. The number of aromatic nitrogens is 1. The molecule has 0 saturated heterocycles. The van der Waals surface area contributed by atoms with E-state index in [0.29, 0.717) is 10.6 Å². The Bertz CT molecular complexity index is 1200. The highest BCUT2D eigenvalue weighted by Gasteiger charge is 2.34. The molecule has 150 valence electrons. The van der Waals surface area contributed by atoms with E-state index in [4.69, 9.17) is 17.3 Å². The van der Waals surface area contributed by atoms with Crippen molar-refractivity contribution in [3.8, 4) is 0 Å². The Kier molecular flexibility index (Phi) is 5.68. The summed E-state index contributed by atoms with van der Waals surface area (Å²) in [6.45, 7) is 1.53. The van der Waals surface area contributed by atoms with Gasteiger partial charge in [0.1, 0.15) is 22.6 Å². The molecular formula is C20H15ClF2N2O3S. The van der Waals surface area contributed by atoms with Crippen LogP contribution >= 0.6 is 11.6 Å². The molecule has 0 aliphatic carbocycles. The van der Waals surface area contributed by atoms with Gasteiger partial charge < -0.3 is 5.73 Å². The Morgan fingerprint density at radius 2 is 1.72 bits per heavy atom. The first-order chi connectivity index (χ1) is 13.6. The van der Waals surface area contributed by atoms with Crippen molar-refractivity contribution in [2.75, 3.05) is 0 Å². The number of aryl methyl sites for hydroxylation is 1. The lowest BCUT2D eigenvalue weighted by molar-refractivity contribution is 0.0995. The van der Waals surface area contributed by atoms with Crippen LogP contribution in [-0.4, -0.2) is 19.3 Å². The molecular weight excluding hydrogens is 422 g/mol. The van der Waals surface area contributed by atoms with E-state index in [1.54, 1.807) is 0 Å². The molecule has 3 aromatic rings. The fraction of sp³-hybridized carbons (Fsp3) is 0.100. The summed E-state index contributed by atoms with van der Waals surface area (Å²) in [4.78, 5) is 15.1. The molecule has 0 fully saturated rings. The predicted molar refractivity (Wildman–Crippen MR) is 104 cm³/mol. The van der Waals surface area contributed by atoms with Gasteiger partial charge in [-0.3, -0.25) is 9.78 Å². The summed E-state index contributed by atoms with van der Waals surface area (Å²) in [7, 11) is -4.24. The minimum Gasteiger partial charge on any atom is -0.364 e. The minimum absolute atomic E-state index is 0.0754. The summed E-state index contributed by atoms with van der Waals surface area (Å²) in [5.74, 6) is -2.49. The van der Waals surface area contributed by atoms with Gasteiger partial charge >= 0.3 is 0 Å². The van der Waals surface area contributed by atoms with Crippen molar-refractivity contribution in [3.63, 3.8) is 0 Å². The Labute approximate surface area is 171 Å². The molecule has 0 spiro atoms. The summed E-state index contributed by atoms with van der Waals surface area (Å²) < 4.78 is 55.3. The summed E-state index contributed by atoms with van der Waals surface area (Å²) in [5.41, 5.74) is 5.19. The molecule has 1 heterocycles. The van der Waals surface area contributed by atoms with E-state index in [1.165, 1.54) is 37.3 Å². The van der Waals surface area contributed by atoms with Gasteiger partial charge in [-0.2, -0.15) is 0 Å². The van der Waals surface area contributed by atoms with E-state index in [1.807, 2.05) is 0 Å². The van der Waals surface area contributed by atoms with Gasteiger partial charge in [-0.15, -0.1) is 0 Å². The Balaban J connectivity index is 2.30. The highest BCUT2D eigenvalue weighted by atomic mass is 35.5. The molecule has 0 bridgehead atoms. The number of amides is 1.